The fraction of sp³-hybridized carbons (Fsp3) is 0.273. The predicted octanol–water partition coefficient (Wildman–Crippen LogP) is 2.40. The van der Waals surface area contributed by atoms with Crippen molar-refractivity contribution in [1.82, 2.24) is 5.43 Å². The second kappa shape index (κ2) is 4.95. The Morgan fingerprint density at radius 3 is 2.88 bits per heavy atom. The van der Waals surface area contributed by atoms with Crippen LogP contribution < -0.4 is 11.3 Å². The molecule has 0 fully saturated rings. The maximum Gasteiger partial charge on any atom is 0.129 e. The molecule has 1 aliphatic heterocycles. The van der Waals surface area contributed by atoms with Crippen LogP contribution >= 0.6 is 15.9 Å². The van der Waals surface area contributed by atoms with Crippen LogP contribution in [0.1, 0.15) is 18.0 Å². The Morgan fingerprint density at radius 1 is 1.50 bits per heavy atom. The van der Waals surface area contributed by atoms with Gasteiger partial charge in [-0.1, -0.05) is 22.0 Å². The molecule has 0 spiro atoms. The number of rotatable bonds is 3. The lowest BCUT2D eigenvalue weighted by molar-refractivity contribution is 0.214. The van der Waals surface area contributed by atoms with Gasteiger partial charge >= 0.3 is 0 Å². The van der Waals surface area contributed by atoms with E-state index in [-0.39, 0.29) is 5.82 Å². The maximum absolute atomic E-state index is 13.7. The molecule has 0 radical (unpaired) electrons. The van der Waals surface area contributed by atoms with Gasteiger partial charge in [-0.2, -0.15) is 0 Å². The molecule has 3 nitrogen and oxygen atoms in total. The zero-order valence-electron chi connectivity index (χ0n) is 8.54. The SMILES string of the molecule is NNC(C1=CCCO1)c1ccc(Br)cc1F. The number of nitrogens with two attached hydrogens (primary N) is 1. The highest BCUT2D eigenvalue weighted by molar-refractivity contribution is 9.10. The predicted molar refractivity (Wildman–Crippen MR) is 62.8 cm³/mol. The Balaban J connectivity index is 2.32. The smallest absolute Gasteiger partial charge is 0.129 e. The fourth-order valence-corrected chi connectivity index (χ4v) is 2.03. The van der Waals surface area contributed by atoms with Gasteiger partial charge in [0.1, 0.15) is 17.6 Å². The minimum atomic E-state index is -0.421. The highest BCUT2D eigenvalue weighted by Gasteiger charge is 2.22. The Kier molecular flexibility index (Phi) is 3.58. The van der Waals surface area contributed by atoms with Crippen molar-refractivity contribution in [2.45, 2.75) is 12.5 Å². The Bertz CT molecular complexity index is 422. The van der Waals surface area contributed by atoms with Crippen LogP contribution in [0.15, 0.2) is 34.5 Å². The van der Waals surface area contributed by atoms with Crippen LogP contribution in [-0.4, -0.2) is 6.61 Å². The lowest BCUT2D eigenvalue weighted by Crippen LogP contribution is -2.30. The van der Waals surface area contributed by atoms with Gasteiger partial charge in [-0.05, 0) is 18.2 Å². The normalized spacial score (nSPS) is 16.8. The molecule has 86 valence electrons. The van der Waals surface area contributed by atoms with E-state index >= 15 is 0 Å². The van der Waals surface area contributed by atoms with E-state index < -0.39 is 6.04 Å². The lowest BCUT2D eigenvalue weighted by atomic mass is 10.0. The molecular weight excluding hydrogens is 275 g/mol. The van der Waals surface area contributed by atoms with Crippen LogP contribution in [0.4, 0.5) is 4.39 Å². The molecule has 2 rings (SSSR count). The van der Waals surface area contributed by atoms with Gasteiger partial charge in [0.25, 0.3) is 0 Å². The van der Waals surface area contributed by atoms with Crippen molar-refractivity contribution < 1.29 is 9.13 Å². The molecule has 1 aliphatic rings. The van der Waals surface area contributed by atoms with Crippen LogP contribution in [0.5, 0.6) is 0 Å². The Hall–Kier alpha value is -0.910. The molecule has 0 amide bonds. The van der Waals surface area contributed by atoms with Gasteiger partial charge in [-0.3, -0.25) is 5.84 Å². The number of benzene rings is 1. The first-order chi connectivity index (χ1) is 7.72. The zero-order chi connectivity index (χ0) is 11.5. The summed E-state index contributed by atoms with van der Waals surface area (Å²) in [6.45, 7) is 0.631. The van der Waals surface area contributed by atoms with Crippen molar-refractivity contribution in [3.63, 3.8) is 0 Å². The second-order valence-electron chi connectivity index (χ2n) is 3.51. The standard InChI is InChI=1S/C11H12BrFN2O/c12-7-3-4-8(9(13)6-7)11(15-14)10-2-1-5-16-10/h2-4,6,11,15H,1,5,14H2. The summed E-state index contributed by atoms with van der Waals surface area (Å²) in [7, 11) is 0. The number of ether oxygens (including phenoxy) is 1. The van der Waals surface area contributed by atoms with E-state index in [1.807, 2.05) is 6.08 Å². The fourth-order valence-electron chi connectivity index (χ4n) is 1.70. The molecule has 1 unspecified atom stereocenters. The molecule has 1 atom stereocenters. The molecule has 0 saturated heterocycles. The number of hydrogen-bond donors (Lipinski definition) is 2. The summed E-state index contributed by atoms with van der Waals surface area (Å²) in [5.74, 6) is 5.81. The first-order valence-electron chi connectivity index (χ1n) is 4.96. The van der Waals surface area contributed by atoms with Gasteiger partial charge in [0, 0.05) is 16.5 Å². The van der Waals surface area contributed by atoms with Crippen molar-refractivity contribution in [2.24, 2.45) is 5.84 Å². The Morgan fingerprint density at radius 2 is 2.31 bits per heavy atom. The van der Waals surface area contributed by atoms with Crippen molar-refractivity contribution in [3.8, 4) is 0 Å². The number of halogens is 2. The van der Waals surface area contributed by atoms with Gasteiger partial charge in [0.05, 0.1) is 6.61 Å². The monoisotopic (exact) mass is 286 g/mol. The molecule has 0 bridgehead atoms. The molecule has 1 heterocycles. The van der Waals surface area contributed by atoms with Crippen LogP contribution in [-0.2, 0) is 4.74 Å². The van der Waals surface area contributed by atoms with Gasteiger partial charge in [-0.15, -0.1) is 0 Å². The molecule has 16 heavy (non-hydrogen) atoms. The van der Waals surface area contributed by atoms with E-state index in [1.165, 1.54) is 6.07 Å². The average Bonchev–Trinajstić information content (AvgIpc) is 2.75. The molecule has 5 heteroatoms. The minimum absolute atomic E-state index is 0.311. The molecule has 1 aromatic carbocycles. The summed E-state index contributed by atoms with van der Waals surface area (Å²) in [6.07, 6.45) is 2.76. The third kappa shape index (κ3) is 2.26. The second-order valence-corrected chi connectivity index (χ2v) is 4.42. The molecular formula is C11H12BrFN2O. The minimum Gasteiger partial charge on any atom is -0.496 e. The summed E-state index contributed by atoms with van der Waals surface area (Å²) in [6, 6.07) is 4.45. The number of hydrazine groups is 1. The molecule has 0 aromatic heterocycles. The van der Waals surface area contributed by atoms with Crippen LogP contribution in [0.2, 0.25) is 0 Å². The quantitative estimate of drug-likeness (QED) is 0.663. The van der Waals surface area contributed by atoms with Crippen molar-refractivity contribution in [2.75, 3.05) is 6.61 Å². The van der Waals surface area contributed by atoms with Gasteiger partial charge in [0.2, 0.25) is 0 Å². The third-order valence-electron chi connectivity index (χ3n) is 2.46. The summed E-state index contributed by atoms with van der Waals surface area (Å²) in [5.41, 5.74) is 3.06. The van der Waals surface area contributed by atoms with Gasteiger partial charge in [-0.25, -0.2) is 9.82 Å². The number of hydrogen-bond acceptors (Lipinski definition) is 3. The topological polar surface area (TPSA) is 47.3 Å². The van der Waals surface area contributed by atoms with E-state index in [9.17, 15) is 4.39 Å². The number of nitrogens with one attached hydrogen (secondary N) is 1. The first-order valence-corrected chi connectivity index (χ1v) is 5.75. The van der Waals surface area contributed by atoms with Gasteiger partial charge < -0.3 is 4.74 Å². The van der Waals surface area contributed by atoms with E-state index in [0.717, 1.165) is 6.42 Å². The van der Waals surface area contributed by atoms with Crippen molar-refractivity contribution >= 4 is 15.9 Å². The van der Waals surface area contributed by atoms with Crippen LogP contribution in [0.3, 0.4) is 0 Å². The molecule has 0 aliphatic carbocycles. The van der Waals surface area contributed by atoms with Crippen molar-refractivity contribution in [3.05, 3.63) is 45.9 Å². The van der Waals surface area contributed by atoms with E-state index in [4.69, 9.17) is 10.6 Å². The largest absolute Gasteiger partial charge is 0.496 e. The van der Waals surface area contributed by atoms with E-state index in [0.29, 0.717) is 22.4 Å². The highest BCUT2D eigenvalue weighted by atomic mass is 79.9. The lowest BCUT2D eigenvalue weighted by Gasteiger charge is -2.18. The maximum atomic E-state index is 13.7. The summed E-state index contributed by atoms with van der Waals surface area (Å²) >= 11 is 3.21. The van der Waals surface area contributed by atoms with E-state index in [2.05, 4.69) is 21.4 Å². The van der Waals surface area contributed by atoms with Crippen molar-refractivity contribution in [1.29, 1.82) is 0 Å². The highest BCUT2D eigenvalue weighted by Crippen LogP contribution is 2.28. The molecule has 3 N–H and O–H groups in total. The average molecular weight is 287 g/mol. The first kappa shape index (κ1) is 11.6. The zero-order valence-corrected chi connectivity index (χ0v) is 10.1. The summed E-state index contributed by atoms with van der Waals surface area (Å²) < 4.78 is 19.8. The third-order valence-corrected chi connectivity index (χ3v) is 2.95. The van der Waals surface area contributed by atoms with Gasteiger partial charge in [0.15, 0.2) is 0 Å². The van der Waals surface area contributed by atoms with E-state index in [1.54, 1.807) is 12.1 Å². The molecule has 0 saturated carbocycles. The Labute approximate surface area is 102 Å². The van der Waals surface area contributed by atoms with Crippen LogP contribution in [0, 0.1) is 5.82 Å². The molecule has 1 aromatic rings. The summed E-state index contributed by atoms with van der Waals surface area (Å²) in [5, 5.41) is 0. The van der Waals surface area contributed by atoms with Crippen LogP contribution in [0.25, 0.3) is 0 Å². The summed E-state index contributed by atoms with van der Waals surface area (Å²) in [4.78, 5) is 0.